The van der Waals surface area contributed by atoms with Crippen molar-refractivity contribution in [2.75, 3.05) is 39.6 Å². The van der Waals surface area contributed by atoms with Crippen LogP contribution >= 0.6 is 15.6 Å². The summed E-state index contributed by atoms with van der Waals surface area (Å²) in [6, 6.07) is 0. The normalized spacial score (nSPS) is 15.0. The van der Waals surface area contributed by atoms with Gasteiger partial charge in [0.05, 0.1) is 26.4 Å². The molecule has 0 bridgehead atoms. The Bertz CT molecular complexity index is 1830. The molecule has 0 aromatic rings. The lowest BCUT2D eigenvalue weighted by Crippen LogP contribution is -2.30. The highest BCUT2D eigenvalue weighted by Gasteiger charge is 2.30. The van der Waals surface area contributed by atoms with E-state index < -0.39 is 97.5 Å². The first-order valence-corrected chi connectivity index (χ1v) is 38.2. The number of phosphoric acid groups is 2. The smallest absolute Gasteiger partial charge is 0.462 e. The van der Waals surface area contributed by atoms with Crippen molar-refractivity contribution in [1.29, 1.82) is 0 Å². The van der Waals surface area contributed by atoms with Crippen LogP contribution in [-0.2, 0) is 65.4 Å². The molecule has 0 saturated carbocycles. The van der Waals surface area contributed by atoms with Gasteiger partial charge in [-0.1, -0.05) is 265 Å². The maximum Gasteiger partial charge on any atom is 0.472 e. The first kappa shape index (κ1) is 85.5. The second kappa shape index (κ2) is 59.5. The van der Waals surface area contributed by atoms with E-state index in [2.05, 4.69) is 72.8 Å². The molecule has 3 N–H and O–H groups in total. The van der Waals surface area contributed by atoms with Crippen LogP contribution in [0.5, 0.6) is 0 Å². The number of esters is 4. The second-order valence-corrected chi connectivity index (χ2v) is 28.1. The van der Waals surface area contributed by atoms with Gasteiger partial charge in [-0.05, 0) is 69.1 Å². The quantitative estimate of drug-likeness (QED) is 0.0169. The zero-order valence-electron chi connectivity index (χ0n) is 56.7. The number of aliphatic hydroxyl groups excluding tert-OH is 1. The average Bonchev–Trinajstić information content (AvgIpc) is 3.69. The predicted molar refractivity (Wildman–Crippen MR) is 354 cm³/mol. The van der Waals surface area contributed by atoms with Crippen molar-refractivity contribution in [2.24, 2.45) is 17.8 Å². The van der Waals surface area contributed by atoms with Crippen molar-refractivity contribution in [2.45, 2.75) is 336 Å². The molecule has 0 radical (unpaired) electrons. The van der Waals surface area contributed by atoms with Crippen LogP contribution in [0, 0.1) is 17.8 Å². The van der Waals surface area contributed by atoms with Crippen LogP contribution in [0.3, 0.4) is 0 Å². The standard InChI is InChI=1S/C69H130O17P2/c1-8-11-12-13-14-15-16-17-18-19-20-21-29-38-45-52-68(73)85-65(57-80-67(72)51-44-37-32-31-35-42-49-62(7)10-3)59-84-88(77,78)82-55-63(70)54-81-87(75,76)83-58-64(86-69(74)53-46-39-30-24-22-26-33-40-47-60(4)5)56-79-66(71)50-43-36-28-25-23-27-34-41-48-61(6)9-2/h15-18,60-65,70H,8-14,19-59H2,1-7H3,(H,75,76)(H,77,78)/b16-15-,18-17-/t61?,62?,63-,64-,65-/m1/s1. The van der Waals surface area contributed by atoms with Crippen LogP contribution in [0.4, 0.5) is 0 Å². The van der Waals surface area contributed by atoms with Crippen LogP contribution in [0.1, 0.15) is 318 Å². The molecule has 17 nitrogen and oxygen atoms in total. The monoisotopic (exact) mass is 1290 g/mol. The Morgan fingerprint density at radius 2 is 0.670 bits per heavy atom. The molecule has 0 amide bonds. The third-order valence-corrected chi connectivity index (χ3v) is 17.9. The van der Waals surface area contributed by atoms with Gasteiger partial charge >= 0.3 is 39.5 Å². The van der Waals surface area contributed by atoms with Crippen LogP contribution < -0.4 is 0 Å². The lowest BCUT2D eigenvalue weighted by Gasteiger charge is -2.21. The van der Waals surface area contributed by atoms with E-state index in [9.17, 15) is 43.2 Å². The Labute approximate surface area is 535 Å². The first-order chi connectivity index (χ1) is 42.3. The lowest BCUT2D eigenvalue weighted by molar-refractivity contribution is -0.161. The molecule has 19 heteroatoms. The van der Waals surface area contributed by atoms with Gasteiger partial charge in [0.1, 0.15) is 19.3 Å². The molecule has 0 aromatic carbocycles. The molecule has 0 aliphatic carbocycles. The summed E-state index contributed by atoms with van der Waals surface area (Å²) in [5, 5.41) is 10.6. The lowest BCUT2D eigenvalue weighted by atomic mass is 9.99. The Hall–Kier alpha value is -2.46. The van der Waals surface area contributed by atoms with E-state index in [4.69, 9.17) is 37.0 Å². The van der Waals surface area contributed by atoms with Gasteiger partial charge in [-0.2, -0.15) is 0 Å². The van der Waals surface area contributed by atoms with Crippen molar-refractivity contribution in [3.63, 3.8) is 0 Å². The number of hydrogen-bond donors (Lipinski definition) is 3. The van der Waals surface area contributed by atoms with E-state index in [0.717, 1.165) is 121 Å². The predicted octanol–water partition coefficient (Wildman–Crippen LogP) is 19.0. The fourth-order valence-electron chi connectivity index (χ4n) is 9.76. The highest BCUT2D eigenvalue weighted by atomic mass is 31.2. The molecule has 0 aliphatic rings. The molecule has 0 heterocycles. The van der Waals surface area contributed by atoms with Crippen LogP contribution in [0.25, 0.3) is 0 Å². The highest BCUT2D eigenvalue weighted by Crippen LogP contribution is 2.45. The summed E-state index contributed by atoms with van der Waals surface area (Å²) in [5.74, 6) is 0.0580. The number of allylic oxidation sites excluding steroid dienone is 4. The third-order valence-electron chi connectivity index (χ3n) is 16.0. The van der Waals surface area contributed by atoms with Gasteiger partial charge in [-0.15, -0.1) is 0 Å². The number of carbonyl (C=O) groups excluding carboxylic acids is 4. The summed E-state index contributed by atoms with van der Waals surface area (Å²) in [7, 11) is -9.91. The number of hydrogen-bond acceptors (Lipinski definition) is 15. The maximum absolute atomic E-state index is 13.0. The molecule has 0 spiro atoms. The number of ether oxygens (including phenoxy) is 4. The molecule has 0 aliphatic heterocycles. The highest BCUT2D eigenvalue weighted by molar-refractivity contribution is 7.47. The van der Waals surface area contributed by atoms with Gasteiger partial charge in [-0.3, -0.25) is 37.3 Å². The maximum atomic E-state index is 13.0. The van der Waals surface area contributed by atoms with E-state index in [1.165, 1.54) is 109 Å². The molecule has 88 heavy (non-hydrogen) atoms. The molecular formula is C69H130O17P2. The second-order valence-electron chi connectivity index (χ2n) is 25.2. The number of aliphatic hydroxyl groups is 1. The van der Waals surface area contributed by atoms with Crippen molar-refractivity contribution >= 4 is 39.5 Å². The molecule has 0 fully saturated rings. The molecule has 0 rings (SSSR count). The van der Waals surface area contributed by atoms with Gasteiger partial charge < -0.3 is 33.8 Å². The Morgan fingerprint density at radius 1 is 0.375 bits per heavy atom. The molecule has 0 saturated heterocycles. The molecule has 0 aromatic heterocycles. The van der Waals surface area contributed by atoms with Gasteiger partial charge in [0.15, 0.2) is 12.2 Å². The number of rotatable bonds is 65. The summed E-state index contributed by atoms with van der Waals surface area (Å²) >= 11 is 0. The molecule has 4 unspecified atom stereocenters. The van der Waals surface area contributed by atoms with Gasteiger partial charge in [-0.25, -0.2) is 9.13 Å². The Balaban J connectivity index is 5.30. The van der Waals surface area contributed by atoms with E-state index in [1.54, 1.807) is 0 Å². The number of phosphoric ester groups is 2. The number of unbranched alkanes of at least 4 members (excludes halogenated alkanes) is 28. The third kappa shape index (κ3) is 59.8. The Kier molecular flexibility index (Phi) is 57.9. The minimum Gasteiger partial charge on any atom is -0.462 e. The summed E-state index contributed by atoms with van der Waals surface area (Å²) in [6.45, 7) is 11.7. The fraction of sp³-hybridized carbons (Fsp3) is 0.884. The Morgan fingerprint density at radius 3 is 1.01 bits per heavy atom. The SMILES string of the molecule is CCCCCC/C=C\C=C/CCCCCCCC(=O)O[C@H](COC(=O)CCCCCCCCC(C)CC)COP(=O)(O)OC[C@H](O)COP(=O)(O)OC[C@@H](COC(=O)CCCCCCCCCCC(C)CC)OC(=O)CCCCCCCCCCC(C)C. The van der Waals surface area contributed by atoms with Gasteiger partial charge in [0.2, 0.25) is 0 Å². The summed E-state index contributed by atoms with van der Waals surface area (Å²) < 4.78 is 68.2. The minimum absolute atomic E-state index is 0.0835. The van der Waals surface area contributed by atoms with Crippen LogP contribution in [-0.4, -0.2) is 96.7 Å². The van der Waals surface area contributed by atoms with Gasteiger partial charge in [0, 0.05) is 25.7 Å². The fourth-order valence-corrected chi connectivity index (χ4v) is 11.3. The summed E-state index contributed by atoms with van der Waals surface area (Å²) in [5.41, 5.74) is 0. The van der Waals surface area contributed by atoms with E-state index in [1.807, 2.05) is 0 Å². The van der Waals surface area contributed by atoms with Crippen LogP contribution in [0.15, 0.2) is 24.3 Å². The van der Waals surface area contributed by atoms with Crippen molar-refractivity contribution in [1.82, 2.24) is 0 Å². The van der Waals surface area contributed by atoms with Crippen molar-refractivity contribution in [3.8, 4) is 0 Å². The van der Waals surface area contributed by atoms with Crippen molar-refractivity contribution < 1.29 is 80.2 Å². The summed E-state index contributed by atoms with van der Waals surface area (Å²) in [4.78, 5) is 72.4. The molecule has 7 atom stereocenters. The summed E-state index contributed by atoms with van der Waals surface area (Å²) in [6.07, 6.45) is 45.3. The van der Waals surface area contributed by atoms with Crippen LogP contribution in [0.2, 0.25) is 0 Å². The average molecular weight is 1290 g/mol. The van der Waals surface area contributed by atoms with E-state index >= 15 is 0 Å². The molecular weight excluding hydrogens is 1160 g/mol. The topological polar surface area (TPSA) is 237 Å². The minimum atomic E-state index is -4.96. The van der Waals surface area contributed by atoms with E-state index in [-0.39, 0.29) is 25.7 Å². The zero-order valence-corrected chi connectivity index (χ0v) is 58.5. The largest absolute Gasteiger partial charge is 0.472 e. The van der Waals surface area contributed by atoms with E-state index in [0.29, 0.717) is 31.6 Å². The number of carbonyl (C=O) groups is 4. The van der Waals surface area contributed by atoms with Crippen molar-refractivity contribution in [3.05, 3.63) is 24.3 Å². The molecule has 518 valence electrons. The first-order valence-electron chi connectivity index (χ1n) is 35.2. The zero-order chi connectivity index (χ0) is 65.2. The van der Waals surface area contributed by atoms with Gasteiger partial charge in [0.25, 0.3) is 0 Å².